The maximum absolute atomic E-state index is 4.31. The quantitative estimate of drug-likeness (QED) is 0.934. The third-order valence-corrected chi connectivity index (χ3v) is 4.36. The van der Waals surface area contributed by atoms with Crippen LogP contribution in [-0.2, 0) is 13.6 Å². The molecule has 0 amide bonds. The molecule has 0 spiro atoms. The first-order valence-electron chi connectivity index (χ1n) is 7.64. The second-order valence-electron chi connectivity index (χ2n) is 6.07. The summed E-state index contributed by atoms with van der Waals surface area (Å²) >= 11 is 0. The fourth-order valence-electron chi connectivity index (χ4n) is 3.11. The molecule has 1 unspecified atom stereocenters. The highest BCUT2D eigenvalue weighted by Gasteiger charge is 2.21. The first-order valence-corrected chi connectivity index (χ1v) is 7.64. The minimum Gasteiger partial charge on any atom is -0.316 e. The molecule has 1 atom stereocenters. The summed E-state index contributed by atoms with van der Waals surface area (Å²) in [5, 5.41) is 7.70. The maximum atomic E-state index is 4.31. The largest absolute Gasteiger partial charge is 0.316 e. The molecule has 3 rings (SSSR count). The standard InChI is InChI=1S/C17H24N4/c1-13-4-5-14(11-21-7-6-16(12-21)18-2)17(8-13)15-9-19-20(3)10-15/h4-5,8-10,16,18H,6-7,11-12H2,1-3H3. The van der Waals surface area contributed by atoms with Crippen LogP contribution >= 0.6 is 0 Å². The second kappa shape index (κ2) is 6.00. The average molecular weight is 284 g/mol. The third kappa shape index (κ3) is 3.17. The van der Waals surface area contributed by atoms with Gasteiger partial charge in [0.15, 0.2) is 0 Å². The molecule has 112 valence electrons. The fourth-order valence-corrected chi connectivity index (χ4v) is 3.11. The number of rotatable bonds is 4. The Bertz CT molecular complexity index is 617. The number of likely N-dealkylation sites (tertiary alicyclic amines) is 1. The number of aromatic nitrogens is 2. The van der Waals surface area contributed by atoms with E-state index in [9.17, 15) is 0 Å². The smallest absolute Gasteiger partial charge is 0.0568 e. The zero-order valence-corrected chi connectivity index (χ0v) is 13.1. The van der Waals surface area contributed by atoms with E-state index in [0.717, 1.165) is 13.1 Å². The van der Waals surface area contributed by atoms with Crippen molar-refractivity contribution in [3.8, 4) is 11.1 Å². The predicted octanol–water partition coefficient (Wildman–Crippen LogP) is 2.19. The van der Waals surface area contributed by atoms with Crippen LogP contribution in [0.2, 0.25) is 0 Å². The van der Waals surface area contributed by atoms with Gasteiger partial charge in [0.25, 0.3) is 0 Å². The molecule has 21 heavy (non-hydrogen) atoms. The molecule has 1 fully saturated rings. The van der Waals surface area contributed by atoms with Gasteiger partial charge in [0.1, 0.15) is 0 Å². The van der Waals surface area contributed by atoms with Crippen molar-refractivity contribution in [1.82, 2.24) is 20.0 Å². The summed E-state index contributed by atoms with van der Waals surface area (Å²) in [6, 6.07) is 7.39. The van der Waals surface area contributed by atoms with Gasteiger partial charge in [0.05, 0.1) is 6.20 Å². The minimum atomic E-state index is 0.636. The summed E-state index contributed by atoms with van der Waals surface area (Å²) in [5.41, 5.74) is 5.22. The highest BCUT2D eigenvalue weighted by atomic mass is 15.2. The summed E-state index contributed by atoms with van der Waals surface area (Å²) in [6.07, 6.45) is 5.29. The van der Waals surface area contributed by atoms with E-state index in [2.05, 4.69) is 53.7 Å². The molecule has 1 N–H and O–H groups in total. The number of nitrogens with one attached hydrogen (secondary N) is 1. The van der Waals surface area contributed by atoms with Gasteiger partial charge in [-0.3, -0.25) is 9.58 Å². The molecule has 0 saturated carbocycles. The van der Waals surface area contributed by atoms with Crippen LogP contribution in [0.3, 0.4) is 0 Å². The van der Waals surface area contributed by atoms with E-state index < -0.39 is 0 Å². The van der Waals surface area contributed by atoms with Crippen LogP contribution in [0.4, 0.5) is 0 Å². The number of nitrogens with zero attached hydrogens (tertiary/aromatic N) is 3. The summed E-state index contributed by atoms with van der Waals surface area (Å²) in [6.45, 7) is 5.47. The van der Waals surface area contributed by atoms with Gasteiger partial charge >= 0.3 is 0 Å². The Morgan fingerprint density at radius 2 is 2.24 bits per heavy atom. The third-order valence-electron chi connectivity index (χ3n) is 4.36. The van der Waals surface area contributed by atoms with Crippen molar-refractivity contribution in [2.24, 2.45) is 7.05 Å². The first-order chi connectivity index (χ1) is 10.2. The van der Waals surface area contributed by atoms with Crippen molar-refractivity contribution in [1.29, 1.82) is 0 Å². The molecule has 2 heterocycles. The van der Waals surface area contributed by atoms with Gasteiger partial charge in [-0.05, 0) is 31.5 Å². The van der Waals surface area contributed by atoms with Crippen molar-refractivity contribution in [2.75, 3.05) is 20.1 Å². The van der Waals surface area contributed by atoms with Crippen molar-refractivity contribution >= 4 is 0 Å². The van der Waals surface area contributed by atoms with E-state index in [1.807, 2.05) is 17.9 Å². The molecule has 4 heteroatoms. The van der Waals surface area contributed by atoms with E-state index in [1.54, 1.807) is 0 Å². The molecule has 1 aliphatic rings. The van der Waals surface area contributed by atoms with Gasteiger partial charge in [0, 0.05) is 44.5 Å². The molecule has 0 bridgehead atoms. The van der Waals surface area contributed by atoms with Crippen molar-refractivity contribution in [3.05, 3.63) is 41.7 Å². The molecule has 1 aliphatic heterocycles. The maximum Gasteiger partial charge on any atom is 0.0568 e. The predicted molar refractivity (Wildman–Crippen MR) is 86.1 cm³/mol. The highest BCUT2D eigenvalue weighted by Crippen LogP contribution is 2.26. The lowest BCUT2D eigenvalue weighted by Crippen LogP contribution is -2.29. The van der Waals surface area contributed by atoms with Gasteiger partial charge in [-0.15, -0.1) is 0 Å². The molecule has 0 aliphatic carbocycles. The number of aryl methyl sites for hydroxylation is 2. The molecule has 1 aromatic heterocycles. The number of benzene rings is 1. The molecular formula is C17H24N4. The summed E-state index contributed by atoms with van der Waals surface area (Å²) in [7, 11) is 4.03. The Morgan fingerprint density at radius 1 is 1.38 bits per heavy atom. The minimum absolute atomic E-state index is 0.636. The molecule has 1 aromatic carbocycles. The second-order valence-corrected chi connectivity index (χ2v) is 6.07. The zero-order valence-electron chi connectivity index (χ0n) is 13.1. The van der Waals surface area contributed by atoms with E-state index >= 15 is 0 Å². The van der Waals surface area contributed by atoms with Crippen LogP contribution in [0.5, 0.6) is 0 Å². The van der Waals surface area contributed by atoms with Gasteiger partial charge in [-0.25, -0.2) is 0 Å². The van der Waals surface area contributed by atoms with Crippen LogP contribution in [-0.4, -0.2) is 40.9 Å². The van der Waals surface area contributed by atoms with Crippen LogP contribution in [0.25, 0.3) is 11.1 Å². The normalized spacial score (nSPS) is 19.3. The van der Waals surface area contributed by atoms with E-state index in [0.29, 0.717) is 6.04 Å². The van der Waals surface area contributed by atoms with Crippen LogP contribution in [0.1, 0.15) is 17.5 Å². The van der Waals surface area contributed by atoms with Gasteiger partial charge < -0.3 is 5.32 Å². The highest BCUT2D eigenvalue weighted by molar-refractivity contribution is 5.66. The fraction of sp³-hybridized carbons (Fsp3) is 0.471. The van der Waals surface area contributed by atoms with Gasteiger partial charge in [-0.2, -0.15) is 5.10 Å². The van der Waals surface area contributed by atoms with Crippen LogP contribution in [0.15, 0.2) is 30.6 Å². The Kier molecular flexibility index (Phi) is 4.08. The number of likely N-dealkylation sites (N-methyl/N-ethyl adjacent to an activating group) is 1. The Balaban J connectivity index is 1.85. The number of hydrogen-bond acceptors (Lipinski definition) is 3. The van der Waals surface area contributed by atoms with Crippen molar-refractivity contribution in [3.63, 3.8) is 0 Å². The molecule has 2 aromatic rings. The molecule has 0 radical (unpaired) electrons. The molecular weight excluding hydrogens is 260 g/mol. The summed E-state index contributed by atoms with van der Waals surface area (Å²) in [4.78, 5) is 2.53. The average Bonchev–Trinajstić information content (AvgIpc) is 3.10. The molecule has 1 saturated heterocycles. The lowest BCUT2D eigenvalue weighted by atomic mass is 9.99. The van der Waals surface area contributed by atoms with E-state index in [1.165, 1.54) is 35.2 Å². The zero-order chi connectivity index (χ0) is 14.8. The van der Waals surface area contributed by atoms with Crippen molar-refractivity contribution in [2.45, 2.75) is 25.9 Å². The Morgan fingerprint density at radius 3 is 2.90 bits per heavy atom. The topological polar surface area (TPSA) is 33.1 Å². The van der Waals surface area contributed by atoms with E-state index in [-0.39, 0.29) is 0 Å². The summed E-state index contributed by atoms with van der Waals surface area (Å²) in [5.74, 6) is 0. The lowest BCUT2D eigenvalue weighted by Gasteiger charge is -2.18. The Hall–Kier alpha value is -1.65. The lowest BCUT2D eigenvalue weighted by molar-refractivity contribution is 0.323. The summed E-state index contributed by atoms with van der Waals surface area (Å²) < 4.78 is 1.87. The van der Waals surface area contributed by atoms with Crippen LogP contribution < -0.4 is 5.32 Å². The number of hydrogen-bond donors (Lipinski definition) is 1. The van der Waals surface area contributed by atoms with Gasteiger partial charge in [-0.1, -0.05) is 23.8 Å². The van der Waals surface area contributed by atoms with Gasteiger partial charge in [0.2, 0.25) is 0 Å². The Labute approximate surface area is 126 Å². The van der Waals surface area contributed by atoms with Crippen LogP contribution in [0, 0.1) is 6.92 Å². The molecule has 4 nitrogen and oxygen atoms in total. The first kappa shape index (κ1) is 14.3. The monoisotopic (exact) mass is 284 g/mol. The van der Waals surface area contributed by atoms with E-state index in [4.69, 9.17) is 0 Å². The van der Waals surface area contributed by atoms with Crippen molar-refractivity contribution < 1.29 is 0 Å². The SMILES string of the molecule is CNC1CCN(Cc2ccc(C)cc2-c2cnn(C)c2)C1.